The molecular formula is C36H26F2IrN2-2. The summed E-state index contributed by atoms with van der Waals surface area (Å²) in [5.74, 6) is -0.378. The first-order valence-corrected chi connectivity index (χ1v) is 13.4. The van der Waals surface area contributed by atoms with Crippen molar-refractivity contribution in [3.05, 3.63) is 131 Å². The number of nitrogens with zero attached hydrogens (tertiary/aromatic N) is 2. The molecular weight excluding hydrogens is 691 g/mol. The number of fused-ring (bicyclic) bond motifs is 4. The Morgan fingerprint density at radius 3 is 1.90 bits per heavy atom. The van der Waals surface area contributed by atoms with Crippen LogP contribution in [0.3, 0.4) is 0 Å². The van der Waals surface area contributed by atoms with E-state index in [1.807, 2.05) is 30.3 Å². The SMILES string of the molecule is CC1(C)c2c(F)ccnc2-c2[c-]ccc3cccc1c23.CC1(C)c2c([c-]ccc2F)-c2nccc3cccc1c23.[Ir]. The van der Waals surface area contributed by atoms with E-state index < -0.39 is 5.41 Å². The average Bonchev–Trinajstić information content (AvgIpc) is 2.94. The monoisotopic (exact) mass is 717 g/mol. The summed E-state index contributed by atoms with van der Waals surface area (Å²) in [5, 5.41) is 4.56. The summed E-state index contributed by atoms with van der Waals surface area (Å²) in [6.07, 6.45) is 3.31. The number of hydrogen-bond acceptors (Lipinski definition) is 2. The van der Waals surface area contributed by atoms with Gasteiger partial charge in [0.25, 0.3) is 0 Å². The van der Waals surface area contributed by atoms with Crippen LogP contribution in [0.2, 0.25) is 0 Å². The van der Waals surface area contributed by atoms with Crippen molar-refractivity contribution in [2.75, 3.05) is 0 Å². The molecule has 0 unspecified atom stereocenters. The second kappa shape index (κ2) is 9.65. The van der Waals surface area contributed by atoms with Crippen LogP contribution in [0.15, 0.2) is 85.2 Å². The number of hydrogen-bond donors (Lipinski definition) is 0. The van der Waals surface area contributed by atoms with Crippen LogP contribution in [-0.4, -0.2) is 9.97 Å². The summed E-state index contributed by atoms with van der Waals surface area (Å²) in [4.78, 5) is 8.92. The summed E-state index contributed by atoms with van der Waals surface area (Å²) in [5.41, 5.74) is 6.12. The fourth-order valence-corrected chi connectivity index (χ4v) is 6.69. The number of halogens is 2. The summed E-state index contributed by atoms with van der Waals surface area (Å²) >= 11 is 0. The summed E-state index contributed by atoms with van der Waals surface area (Å²) in [6, 6.07) is 29.3. The van der Waals surface area contributed by atoms with E-state index in [9.17, 15) is 8.78 Å². The largest absolute Gasteiger partial charge is 0.304 e. The van der Waals surface area contributed by atoms with E-state index in [0.717, 1.165) is 55.2 Å². The van der Waals surface area contributed by atoms with E-state index in [4.69, 9.17) is 0 Å². The van der Waals surface area contributed by atoms with Crippen LogP contribution in [0, 0.1) is 23.8 Å². The molecule has 0 bridgehead atoms. The third-order valence-corrected chi connectivity index (χ3v) is 8.55. The molecule has 2 aliphatic carbocycles. The Labute approximate surface area is 251 Å². The normalized spacial score (nSPS) is 14.8. The van der Waals surface area contributed by atoms with E-state index in [0.29, 0.717) is 11.1 Å². The van der Waals surface area contributed by atoms with Gasteiger partial charge in [-0.15, -0.1) is 52.9 Å². The Balaban J connectivity index is 0.000000144. The zero-order valence-corrected chi connectivity index (χ0v) is 25.5. The number of benzene rings is 4. The molecule has 0 atom stereocenters. The zero-order valence-electron chi connectivity index (χ0n) is 23.1. The summed E-state index contributed by atoms with van der Waals surface area (Å²) < 4.78 is 28.8. The molecule has 5 heteroatoms. The molecule has 0 fully saturated rings. The standard InChI is InChI=1S/2C18H13FN.Ir/c1-18(2)13-7-3-5-11-9-10-20-17(15(11)13)12-6-4-8-14(19)16(12)18;1-18(2)13-8-4-6-11-5-3-7-12(15(11)13)17-16(18)14(19)9-10-20-17;/h3-5,7-10H,1-2H3;3-6,8-10H,1-2H3;/q2*-1;. The van der Waals surface area contributed by atoms with Gasteiger partial charge in [0, 0.05) is 43.7 Å². The van der Waals surface area contributed by atoms with Crippen LogP contribution in [0.4, 0.5) is 8.78 Å². The molecule has 0 saturated heterocycles. The van der Waals surface area contributed by atoms with Crippen molar-refractivity contribution in [2.24, 2.45) is 0 Å². The Bertz CT molecular complexity index is 1840. The number of rotatable bonds is 0. The van der Waals surface area contributed by atoms with Crippen molar-refractivity contribution in [3.8, 4) is 22.5 Å². The van der Waals surface area contributed by atoms with Crippen molar-refractivity contribution >= 4 is 21.5 Å². The Hall–Kier alpha value is -3.79. The van der Waals surface area contributed by atoms with E-state index >= 15 is 0 Å². The average molecular weight is 717 g/mol. The van der Waals surface area contributed by atoms with Gasteiger partial charge in [0.05, 0.1) is 0 Å². The van der Waals surface area contributed by atoms with Gasteiger partial charge in [-0.05, 0) is 50.8 Å². The molecule has 0 saturated carbocycles. The minimum Gasteiger partial charge on any atom is -0.304 e. The van der Waals surface area contributed by atoms with Crippen LogP contribution in [-0.2, 0) is 30.9 Å². The molecule has 41 heavy (non-hydrogen) atoms. The van der Waals surface area contributed by atoms with Gasteiger partial charge < -0.3 is 9.97 Å². The molecule has 0 aliphatic heterocycles. The maximum absolute atomic E-state index is 14.4. The van der Waals surface area contributed by atoms with Crippen LogP contribution in [0.5, 0.6) is 0 Å². The minimum atomic E-state index is -0.393. The van der Waals surface area contributed by atoms with Crippen LogP contribution in [0.25, 0.3) is 44.1 Å². The van der Waals surface area contributed by atoms with Gasteiger partial charge in [0.2, 0.25) is 0 Å². The van der Waals surface area contributed by atoms with Gasteiger partial charge in [-0.1, -0.05) is 80.6 Å². The van der Waals surface area contributed by atoms with Gasteiger partial charge in [0.15, 0.2) is 0 Å². The van der Waals surface area contributed by atoms with Crippen LogP contribution in [0.1, 0.15) is 49.9 Å². The molecule has 205 valence electrons. The van der Waals surface area contributed by atoms with Gasteiger partial charge in [-0.3, -0.25) is 0 Å². The van der Waals surface area contributed by atoms with E-state index in [2.05, 4.69) is 74.1 Å². The predicted octanol–water partition coefficient (Wildman–Crippen LogP) is 8.96. The molecule has 6 aromatic rings. The smallest absolute Gasteiger partial charge is 0.121 e. The minimum absolute atomic E-state index is 0. The van der Waals surface area contributed by atoms with Gasteiger partial charge in [-0.2, -0.15) is 0 Å². The molecule has 0 N–H and O–H groups in total. The maximum Gasteiger partial charge on any atom is 0.121 e. The van der Waals surface area contributed by atoms with Crippen molar-refractivity contribution in [1.82, 2.24) is 9.97 Å². The third kappa shape index (κ3) is 3.90. The van der Waals surface area contributed by atoms with Crippen LogP contribution >= 0.6 is 0 Å². The summed E-state index contributed by atoms with van der Waals surface area (Å²) in [6.45, 7) is 8.24. The van der Waals surface area contributed by atoms with Gasteiger partial charge >= 0.3 is 0 Å². The molecule has 2 heterocycles. The van der Waals surface area contributed by atoms with E-state index in [-0.39, 0.29) is 37.2 Å². The van der Waals surface area contributed by atoms with E-state index in [1.54, 1.807) is 12.3 Å². The summed E-state index contributed by atoms with van der Waals surface area (Å²) in [7, 11) is 0. The zero-order chi connectivity index (χ0) is 27.8. The number of aromatic nitrogens is 2. The molecule has 2 aromatic heterocycles. The second-order valence-corrected chi connectivity index (χ2v) is 11.5. The quantitative estimate of drug-likeness (QED) is 0.147. The molecule has 2 nitrogen and oxygen atoms in total. The Morgan fingerprint density at radius 1 is 0.585 bits per heavy atom. The van der Waals surface area contributed by atoms with Crippen molar-refractivity contribution in [1.29, 1.82) is 0 Å². The first-order valence-electron chi connectivity index (χ1n) is 13.4. The molecule has 8 rings (SSSR count). The first-order chi connectivity index (χ1) is 19.2. The van der Waals surface area contributed by atoms with Crippen molar-refractivity contribution in [3.63, 3.8) is 0 Å². The topological polar surface area (TPSA) is 25.8 Å². The fraction of sp³-hybridized carbons (Fsp3) is 0.167. The molecule has 1 radical (unpaired) electrons. The first kappa shape index (κ1) is 27.4. The van der Waals surface area contributed by atoms with Crippen molar-refractivity contribution in [2.45, 2.75) is 38.5 Å². The van der Waals surface area contributed by atoms with Crippen molar-refractivity contribution < 1.29 is 28.9 Å². The predicted molar refractivity (Wildman–Crippen MR) is 156 cm³/mol. The third-order valence-electron chi connectivity index (χ3n) is 8.55. The maximum atomic E-state index is 14.4. The Kier molecular flexibility index (Phi) is 6.44. The van der Waals surface area contributed by atoms with Crippen LogP contribution < -0.4 is 0 Å². The molecule has 0 amide bonds. The molecule has 2 aliphatic rings. The molecule has 4 aromatic carbocycles. The van der Waals surface area contributed by atoms with Gasteiger partial charge in [0.1, 0.15) is 5.82 Å². The van der Waals surface area contributed by atoms with E-state index in [1.165, 1.54) is 18.3 Å². The number of pyridine rings is 2. The second-order valence-electron chi connectivity index (χ2n) is 11.5. The Morgan fingerprint density at radius 2 is 1.15 bits per heavy atom. The molecule has 0 spiro atoms. The fourth-order valence-electron chi connectivity index (χ4n) is 6.69. The van der Waals surface area contributed by atoms with Gasteiger partial charge in [-0.25, -0.2) is 8.78 Å².